The van der Waals surface area contributed by atoms with Crippen molar-refractivity contribution < 1.29 is 4.79 Å². The summed E-state index contributed by atoms with van der Waals surface area (Å²) in [6.07, 6.45) is 0.669. The number of carbonyl (C=O) groups is 1. The number of benzene rings is 1. The summed E-state index contributed by atoms with van der Waals surface area (Å²) >= 11 is 11.9. The molecule has 1 rings (SSSR count). The van der Waals surface area contributed by atoms with Crippen LogP contribution in [-0.2, 0) is 11.2 Å². The Bertz CT molecular complexity index is 433. The first-order chi connectivity index (χ1) is 8.36. The summed E-state index contributed by atoms with van der Waals surface area (Å²) in [5.74, 6) is -0.0462. The predicted molar refractivity (Wildman–Crippen MR) is 76.0 cm³/mol. The minimum atomic E-state index is -0.538. The highest BCUT2D eigenvalue weighted by Crippen LogP contribution is 2.21. The van der Waals surface area contributed by atoms with E-state index in [0.717, 1.165) is 5.56 Å². The van der Waals surface area contributed by atoms with Crippen molar-refractivity contribution in [2.75, 3.05) is 13.1 Å². The standard InChI is InChI=1S/C13H18Cl2N2O/c1-13(2,8-16)12(18)17-6-5-9-3-4-10(14)7-11(9)15/h3-4,7H,5-6,8,16H2,1-2H3,(H,17,18). The molecule has 5 heteroatoms. The highest BCUT2D eigenvalue weighted by molar-refractivity contribution is 6.35. The maximum absolute atomic E-state index is 11.8. The predicted octanol–water partition coefficient (Wildman–Crippen LogP) is 2.64. The average molecular weight is 289 g/mol. The number of amides is 1. The molecule has 1 amide bonds. The number of nitrogens with two attached hydrogens (primary N) is 1. The third kappa shape index (κ3) is 4.16. The van der Waals surface area contributed by atoms with Crippen LogP contribution in [-0.4, -0.2) is 19.0 Å². The van der Waals surface area contributed by atoms with Crippen LogP contribution in [0.2, 0.25) is 10.0 Å². The molecule has 0 fully saturated rings. The molecule has 0 aliphatic rings. The van der Waals surface area contributed by atoms with Crippen molar-refractivity contribution in [2.45, 2.75) is 20.3 Å². The second-order valence-electron chi connectivity index (χ2n) is 4.83. The smallest absolute Gasteiger partial charge is 0.226 e. The van der Waals surface area contributed by atoms with Crippen LogP contribution in [0.5, 0.6) is 0 Å². The van der Waals surface area contributed by atoms with Gasteiger partial charge in [0.2, 0.25) is 5.91 Å². The Morgan fingerprint density at radius 2 is 2.06 bits per heavy atom. The zero-order valence-corrected chi connectivity index (χ0v) is 12.1. The molecule has 0 aliphatic heterocycles. The first-order valence-electron chi connectivity index (χ1n) is 5.79. The Hall–Kier alpha value is -0.770. The van der Waals surface area contributed by atoms with Gasteiger partial charge in [0.1, 0.15) is 0 Å². The highest BCUT2D eigenvalue weighted by atomic mass is 35.5. The fourth-order valence-electron chi connectivity index (χ4n) is 1.37. The SMILES string of the molecule is CC(C)(CN)C(=O)NCCc1ccc(Cl)cc1Cl. The summed E-state index contributed by atoms with van der Waals surface area (Å²) in [5.41, 5.74) is 5.96. The van der Waals surface area contributed by atoms with Crippen LogP contribution in [0.15, 0.2) is 18.2 Å². The van der Waals surface area contributed by atoms with E-state index in [1.807, 2.05) is 19.9 Å². The topological polar surface area (TPSA) is 55.1 Å². The molecule has 0 aliphatic carbocycles. The van der Waals surface area contributed by atoms with Gasteiger partial charge in [-0.05, 0) is 38.0 Å². The molecule has 0 heterocycles. The lowest BCUT2D eigenvalue weighted by Gasteiger charge is -2.21. The van der Waals surface area contributed by atoms with Gasteiger partial charge in [-0.2, -0.15) is 0 Å². The molecule has 3 nitrogen and oxygen atoms in total. The van der Waals surface area contributed by atoms with Crippen molar-refractivity contribution in [3.05, 3.63) is 33.8 Å². The van der Waals surface area contributed by atoms with E-state index >= 15 is 0 Å². The molecule has 0 unspecified atom stereocenters. The van der Waals surface area contributed by atoms with Crippen LogP contribution in [0.3, 0.4) is 0 Å². The van der Waals surface area contributed by atoms with Crippen molar-refractivity contribution in [1.29, 1.82) is 0 Å². The van der Waals surface area contributed by atoms with Gasteiger partial charge in [-0.1, -0.05) is 29.3 Å². The van der Waals surface area contributed by atoms with Crippen LogP contribution >= 0.6 is 23.2 Å². The Morgan fingerprint density at radius 3 is 2.61 bits per heavy atom. The Balaban J connectivity index is 2.50. The van der Waals surface area contributed by atoms with E-state index in [0.29, 0.717) is 29.6 Å². The molecule has 0 saturated heterocycles. The second kappa shape index (κ2) is 6.41. The van der Waals surface area contributed by atoms with Crippen LogP contribution < -0.4 is 11.1 Å². The number of carbonyl (C=O) groups excluding carboxylic acids is 1. The number of nitrogens with one attached hydrogen (secondary N) is 1. The van der Waals surface area contributed by atoms with E-state index in [2.05, 4.69) is 5.32 Å². The fourth-order valence-corrected chi connectivity index (χ4v) is 1.87. The van der Waals surface area contributed by atoms with Gasteiger partial charge >= 0.3 is 0 Å². The third-order valence-corrected chi connectivity index (χ3v) is 3.41. The van der Waals surface area contributed by atoms with Gasteiger partial charge in [-0.3, -0.25) is 4.79 Å². The molecule has 3 N–H and O–H groups in total. The molecular formula is C13H18Cl2N2O. The zero-order valence-electron chi connectivity index (χ0n) is 10.6. The van der Waals surface area contributed by atoms with Crippen molar-refractivity contribution >= 4 is 29.1 Å². The van der Waals surface area contributed by atoms with E-state index in [-0.39, 0.29) is 5.91 Å². The molecule has 0 aromatic heterocycles. The largest absolute Gasteiger partial charge is 0.355 e. The van der Waals surface area contributed by atoms with Crippen LogP contribution in [0.1, 0.15) is 19.4 Å². The van der Waals surface area contributed by atoms with E-state index in [1.165, 1.54) is 0 Å². The molecule has 0 bridgehead atoms. The highest BCUT2D eigenvalue weighted by Gasteiger charge is 2.25. The van der Waals surface area contributed by atoms with Gasteiger partial charge in [0.05, 0.1) is 5.41 Å². The van der Waals surface area contributed by atoms with Crippen molar-refractivity contribution in [3.63, 3.8) is 0 Å². The number of halogens is 2. The van der Waals surface area contributed by atoms with Gasteiger partial charge < -0.3 is 11.1 Å². The molecule has 18 heavy (non-hydrogen) atoms. The maximum Gasteiger partial charge on any atom is 0.226 e. The monoisotopic (exact) mass is 288 g/mol. The third-order valence-electron chi connectivity index (χ3n) is 2.82. The lowest BCUT2D eigenvalue weighted by atomic mass is 9.92. The molecule has 1 aromatic rings. The Labute approximate surface area is 118 Å². The number of hydrogen-bond donors (Lipinski definition) is 2. The van der Waals surface area contributed by atoms with Gasteiger partial charge in [-0.25, -0.2) is 0 Å². The zero-order chi connectivity index (χ0) is 13.8. The molecule has 0 radical (unpaired) electrons. The lowest BCUT2D eigenvalue weighted by Crippen LogP contribution is -2.42. The fraction of sp³-hybridized carbons (Fsp3) is 0.462. The summed E-state index contributed by atoms with van der Waals surface area (Å²) < 4.78 is 0. The Morgan fingerprint density at radius 1 is 1.39 bits per heavy atom. The first-order valence-corrected chi connectivity index (χ1v) is 6.54. The van der Waals surface area contributed by atoms with Gasteiger partial charge in [0, 0.05) is 23.1 Å². The van der Waals surface area contributed by atoms with Crippen LogP contribution in [0.4, 0.5) is 0 Å². The second-order valence-corrected chi connectivity index (χ2v) is 5.67. The number of hydrogen-bond acceptors (Lipinski definition) is 2. The molecular weight excluding hydrogens is 271 g/mol. The quantitative estimate of drug-likeness (QED) is 0.875. The lowest BCUT2D eigenvalue weighted by molar-refractivity contribution is -0.128. The minimum Gasteiger partial charge on any atom is -0.355 e. The summed E-state index contributed by atoms with van der Waals surface area (Å²) in [4.78, 5) is 11.8. The van der Waals surface area contributed by atoms with Crippen molar-refractivity contribution in [2.24, 2.45) is 11.1 Å². The Kier molecular flexibility index (Phi) is 5.45. The van der Waals surface area contributed by atoms with Crippen molar-refractivity contribution in [3.8, 4) is 0 Å². The molecule has 0 atom stereocenters. The molecule has 1 aromatic carbocycles. The van der Waals surface area contributed by atoms with Crippen LogP contribution in [0, 0.1) is 5.41 Å². The summed E-state index contributed by atoms with van der Waals surface area (Å²) in [6, 6.07) is 5.35. The minimum absolute atomic E-state index is 0.0462. The van der Waals surface area contributed by atoms with E-state index in [9.17, 15) is 4.79 Å². The van der Waals surface area contributed by atoms with Gasteiger partial charge in [-0.15, -0.1) is 0 Å². The molecule has 0 spiro atoms. The van der Waals surface area contributed by atoms with Gasteiger partial charge in [0.25, 0.3) is 0 Å². The summed E-state index contributed by atoms with van der Waals surface area (Å²) in [5, 5.41) is 4.08. The van der Waals surface area contributed by atoms with E-state index in [4.69, 9.17) is 28.9 Å². The molecule has 0 saturated carbocycles. The first kappa shape index (κ1) is 15.3. The molecule has 100 valence electrons. The van der Waals surface area contributed by atoms with Gasteiger partial charge in [0.15, 0.2) is 0 Å². The maximum atomic E-state index is 11.8. The van der Waals surface area contributed by atoms with Crippen molar-refractivity contribution in [1.82, 2.24) is 5.32 Å². The summed E-state index contributed by atoms with van der Waals surface area (Å²) in [7, 11) is 0. The van der Waals surface area contributed by atoms with E-state index < -0.39 is 5.41 Å². The normalized spacial score (nSPS) is 11.4. The van der Waals surface area contributed by atoms with E-state index in [1.54, 1.807) is 12.1 Å². The van der Waals surface area contributed by atoms with Crippen LogP contribution in [0.25, 0.3) is 0 Å². The average Bonchev–Trinajstić information content (AvgIpc) is 2.31. The summed E-state index contributed by atoms with van der Waals surface area (Å²) in [6.45, 7) is 4.49. The number of rotatable bonds is 5.